The number of hydrogen-bond acceptors (Lipinski definition) is 3. The van der Waals surface area contributed by atoms with Crippen LogP contribution in [0.5, 0.6) is 0 Å². The van der Waals surface area contributed by atoms with Gasteiger partial charge in [0.05, 0.1) is 6.20 Å². The Kier molecular flexibility index (Phi) is 5.58. The van der Waals surface area contributed by atoms with Crippen LogP contribution in [0.25, 0.3) is 5.69 Å². The van der Waals surface area contributed by atoms with Gasteiger partial charge in [0.2, 0.25) is 0 Å². The van der Waals surface area contributed by atoms with E-state index in [0.717, 1.165) is 17.3 Å². The van der Waals surface area contributed by atoms with Crippen LogP contribution in [0.1, 0.15) is 93.9 Å². The molecule has 0 amide bonds. The number of hydrogen-bond donors (Lipinski definition) is 0. The number of nitrogens with zero attached hydrogens (tertiary/aromatic N) is 4. The molecule has 0 bridgehead atoms. The van der Waals surface area contributed by atoms with Crippen molar-refractivity contribution in [2.24, 2.45) is 0 Å². The van der Waals surface area contributed by atoms with E-state index < -0.39 is 0 Å². The van der Waals surface area contributed by atoms with Crippen molar-refractivity contribution < 1.29 is 4.57 Å². The average Bonchev–Trinajstić information content (AvgIpc) is 2.66. The van der Waals surface area contributed by atoms with E-state index in [1.807, 2.05) is 12.1 Å². The van der Waals surface area contributed by atoms with E-state index in [4.69, 9.17) is 4.98 Å². The maximum Gasteiger partial charge on any atom is 0.175 e. The molecule has 0 aromatic carbocycles. The van der Waals surface area contributed by atoms with Crippen LogP contribution in [0.2, 0.25) is 0 Å². The van der Waals surface area contributed by atoms with Gasteiger partial charge in [-0.25, -0.2) is 4.98 Å². The molecule has 174 valence electrons. The highest BCUT2D eigenvalue weighted by Crippen LogP contribution is 2.45. The molecule has 2 fully saturated rings. The van der Waals surface area contributed by atoms with E-state index in [9.17, 15) is 0 Å². The summed E-state index contributed by atoms with van der Waals surface area (Å²) in [6, 6.07) is 10.5. The predicted molar refractivity (Wildman–Crippen MR) is 134 cm³/mol. The van der Waals surface area contributed by atoms with Gasteiger partial charge in [-0.1, -0.05) is 12.1 Å². The smallest absolute Gasteiger partial charge is 0.175 e. The predicted octanol–water partition coefficient (Wildman–Crippen LogP) is 6.25. The molecule has 4 heteroatoms. The lowest BCUT2D eigenvalue weighted by atomic mass is 9.79. The Morgan fingerprint density at radius 2 is 1.28 bits per heavy atom. The Balaban J connectivity index is 1.94. The first kappa shape index (κ1) is 23.1. The van der Waals surface area contributed by atoms with Crippen LogP contribution in [-0.4, -0.2) is 27.1 Å². The van der Waals surface area contributed by atoms with Crippen molar-refractivity contribution in [1.82, 2.24) is 4.98 Å². The van der Waals surface area contributed by atoms with E-state index >= 15 is 0 Å². The highest BCUT2D eigenvalue weighted by molar-refractivity contribution is 5.63. The van der Waals surface area contributed by atoms with Crippen LogP contribution in [-0.2, 0) is 0 Å². The molecule has 0 radical (unpaired) electrons. The molecular formula is C28H42N4. The fourth-order valence-corrected chi connectivity index (χ4v) is 6.60. The molecule has 0 spiro atoms. The SMILES string of the molecule is CC1(C)CCCC(C)(C)N1c1ccc(-[n+]2[c-]cccc2)c(N2C(C)(C)CCCC2(C)C)n1. The minimum atomic E-state index is 0.0321. The molecule has 2 aromatic rings. The molecule has 0 saturated carbocycles. The summed E-state index contributed by atoms with van der Waals surface area (Å²) in [4.78, 5) is 10.7. The van der Waals surface area contributed by atoms with Gasteiger partial charge < -0.3 is 9.80 Å². The van der Waals surface area contributed by atoms with Gasteiger partial charge in [-0.05, 0) is 106 Å². The third-order valence-corrected chi connectivity index (χ3v) is 7.77. The van der Waals surface area contributed by atoms with Gasteiger partial charge in [-0.2, -0.15) is 0 Å². The summed E-state index contributed by atoms with van der Waals surface area (Å²) in [5, 5.41) is 0. The van der Waals surface area contributed by atoms with Gasteiger partial charge in [-0.3, -0.25) is 4.57 Å². The highest BCUT2D eigenvalue weighted by atomic mass is 15.4. The Labute approximate surface area is 195 Å². The molecule has 0 aliphatic carbocycles. The largest absolute Gasteiger partial charge is 0.349 e. The summed E-state index contributed by atoms with van der Waals surface area (Å²) < 4.78 is 2.10. The first-order valence-corrected chi connectivity index (χ1v) is 12.4. The lowest BCUT2D eigenvalue weighted by Crippen LogP contribution is -2.61. The van der Waals surface area contributed by atoms with Crippen molar-refractivity contribution in [2.75, 3.05) is 9.80 Å². The summed E-state index contributed by atoms with van der Waals surface area (Å²) in [5.41, 5.74) is 1.32. The molecule has 4 nitrogen and oxygen atoms in total. The van der Waals surface area contributed by atoms with Crippen LogP contribution in [0, 0.1) is 6.20 Å². The van der Waals surface area contributed by atoms with Gasteiger partial charge >= 0.3 is 0 Å². The molecule has 2 aliphatic heterocycles. The summed E-state index contributed by atoms with van der Waals surface area (Å²) in [6.45, 7) is 19.0. The zero-order chi connectivity index (χ0) is 23.4. The minimum Gasteiger partial charge on any atom is -0.349 e. The fourth-order valence-electron chi connectivity index (χ4n) is 6.60. The lowest BCUT2D eigenvalue weighted by Gasteiger charge is -2.55. The van der Waals surface area contributed by atoms with E-state index in [1.165, 1.54) is 38.5 Å². The van der Waals surface area contributed by atoms with Crippen molar-refractivity contribution in [1.29, 1.82) is 0 Å². The van der Waals surface area contributed by atoms with Gasteiger partial charge in [0.1, 0.15) is 5.82 Å². The van der Waals surface area contributed by atoms with Gasteiger partial charge in [0, 0.05) is 22.2 Å². The second kappa shape index (κ2) is 7.74. The van der Waals surface area contributed by atoms with Gasteiger partial charge in [-0.15, -0.1) is 6.07 Å². The Morgan fingerprint density at radius 3 is 1.78 bits per heavy atom. The Hall–Kier alpha value is -2.10. The third-order valence-electron chi connectivity index (χ3n) is 7.77. The molecule has 4 heterocycles. The molecule has 4 rings (SSSR count). The molecule has 32 heavy (non-hydrogen) atoms. The molecule has 0 unspecified atom stereocenters. The Bertz CT molecular complexity index is 927. The molecule has 2 saturated heterocycles. The van der Waals surface area contributed by atoms with Gasteiger partial charge in [0.25, 0.3) is 0 Å². The summed E-state index contributed by atoms with van der Waals surface area (Å²) in [5.74, 6) is 2.16. The standard InChI is InChI=1S/C28H42N4/c1-25(2)16-12-17-26(3,4)31(25)23-15-14-22(30-20-10-9-11-21-30)24(29-23)32-27(5,6)18-13-19-28(32,7)8/h9-11,14-15,20H,12-13,16-19H2,1-8H3. The van der Waals surface area contributed by atoms with Gasteiger partial charge in [0.15, 0.2) is 17.7 Å². The third kappa shape index (κ3) is 4.02. The van der Waals surface area contributed by atoms with Crippen molar-refractivity contribution in [3.8, 4) is 5.69 Å². The first-order valence-electron chi connectivity index (χ1n) is 12.4. The number of rotatable bonds is 3. The fraction of sp³-hybridized carbons (Fsp3) is 0.643. The minimum absolute atomic E-state index is 0.0321. The maximum atomic E-state index is 5.49. The normalized spacial score (nSPS) is 23.8. The average molecular weight is 435 g/mol. The number of pyridine rings is 2. The molecule has 0 atom stereocenters. The number of piperidine rings is 2. The zero-order valence-corrected chi connectivity index (χ0v) is 21.5. The highest BCUT2D eigenvalue weighted by Gasteiger charge is 2.45. The van der Waals surface area contributed by atoms with E-state index in [1.54, 1.807) is 0 Å². The molecule has 0 N–H and O–H groups in total. The number of anilines is 2. The van der Waals surface area contributed by atoms with Crippen molar-refractivity contribution >= 4 is 11.6 Å². The summed E-state index contributed by atoms with van der Waals surface area (Å²) in [7, 11) is 0. The molecule has 2 aromatic heterocycles. The van der Waals surface area contributed by atoms with Crippen molar-refractivity contribution in [3.63, 3.8) is 0 Å². The van der Waals surface area contributed by atoms with Crippen molar-refractivity contribution in [2.45, 2.75) is 116 Å². The van der Waals surface area contributed by atoms with E-state index in [2.05, 4.69) is 100 Å². The van der Waals surface area contributed by atoms with Crippen molar-refractivity contribution in [3.05, 3.63) is 42.7 Å². The zero-order valence-electron chi connectivity index (χ0n) is 21.5. The van der Waals surface area contributed by atoms with Crippen LogP contribution in [0.4, 0.5) is 11.6 Å². The number of aromatic nitrogens is 2. The van der Waals surface area contributed by atoms with Crippen LogP contribution in [0.15, 0.2) is 36.5 Å². The second-order valence-electron chi connectivity index (χ2n) is 12.3. The summed E-state index contributed by atoms with van der Waals surface area (Å²) >= 11 is 0. The van der Waals surface area contributed by atoms with Crippen LogP contribution >= 0.6 is 0 Å². The maximum absolute atomic E-state index is 5.49. The first-order chi connectivity index (χ1) is 14.9. The molecular weight excluding hydrogens is 392 g/mol. The second-order valence-corrected chi connectivity index (χ2v) is 12.3. The van der Waals surface area contributed by atoms with E-state index in [0.29, 0.717) is 0 Å². The lowest BCUT2D eigenvalue weighted by molar-refractivity contribution is -0.599. The molecule has 2 aliphatic rings. The Morgan fingerprint density at radius 1 is 0.750 bits per heavy atom. The quantitative estimate of drug-likeness (QED) is 0.421. The summed E-state index contributed by atoms with van der Waals surface area (Å²) in [6.07, 6.45) is 12.7. The monoisotopic (exact) mass is 434 g/mol. The van der Waals surface area contributed by atoms with E-state index in [-0.39, 0.29) is 22.2 Å². The van der Waals surface area contributed by atoms with Crippen LogP contribution < -0.4 is 14.4 Å². The van der Waals surface area contributed by atoms with Crippen LogP contribution in [0.3, 0.4) is 0 Å². The topological polar surface area (TPSA) is 23.2 Å².